The zero-order valence-electron chi connectivity index (χ0n) is 14.2. The summed E-state index contributed by atoms with van der Waals surface area (Å²) >= 11 is 0. The van der Waals surface area contributed by atoms with Gasteiger partial charge in [0.25, 0.3) is 0 Å². The Bertz CT molecular complexity index is 649. The highest BCUT2D eigenvalue weighted by Crippen LogP contribution is 2.28. The van der Waals surface area contributed by atoms with Crippen LogP contribution in [0.5, 0.6) is 5.75 Å². The highest BCUT2D eigenvalue weighted by Gasteiger charge is 2.37. The number of rotatable bonds is 3. The third-order valence-electron chi connectivity index (χ3n) is 5.51. The Morgan fingerprint density at radius 2 is 1.76 bits per heavy atom. The summed E-state index contributed by atoms with van der Waals surface area (Å²) < 4.78 is 0. The topological polar surface area (TPSA) is 89.9 Å². The van der Waals surface area contributed by atoms with Gasteiger partial charge in [0, 0.05) is 51.6 Å². The van der Waals surface area contributed by atoms with E-state index in [-0.39, 0.29) is 17.6 Å². The van der Waals surface area contributed by atoms with Crippen LogP contribution in [0.3, 0.4) is 0 Å². The van der Waals surface area contributed by atoms with Gasteiger partial charge in [-0.3, -0.25) is 19.4 Å². The average molecular weight is 345 g/mol. The number of carbonyl (C=O) groups is 2. The fraction of sp³-hybridized carbons (Fsp3) is 0.647. The molecule has 0 spiro atoms. The van der Waals surface area contributed by atoms with Gasteiger partial charge in [0.15, 0.2) is 5.75 Å². The Kier molecular flexibility index (Phi) is 4.29. The molecule has 1 N–H and O–H groups in total. The molecule has 0 unspecified atom stereocenters. The molecule has 3 aliphatic rings. The van der Waals surface area contributed by atoms with Crippen molar-refractivity contribution in [3.8, 4) is 5.75 Å². The van der Waals surface area contributed by atoms with Gasteiger partial charge in [-0.15, -0.1) is 0 Å². The van der Waals surface area contributed by atoms with Gasteiger partial charge in [-0.25, -0.2) is 9.97 Å². The number of hydrogen-bond acceptors (Lipinski definition) is 7. The predicted molar refractivity (Wildman–Crippen MR) is 89.9 cm³/mol. The third kappa shape index (κ3) is 3.30. The molecule has 8 nitrogen and oxygen atoms in total. The molecule has 4 rings (SSSR count). The molecule has 2 amide bonds. The van der Waals surface area contributed by atoms with Crippen LogP contribution >= 0.6 is 0 Å². The van der Waals surface area contributed by atoms with E-state index in [4.69, 9.17) is 0 Å². The Labute approximate surface area is 146 Å². The van der Waals surface area contributed by atoms with E-state index in [2.05, 4.69) is 19.8 Å². The first-order valence-electron chi connectivity index (χ1n) is 8.93. The number of imide groups is 1. The lowest BCUT2D eigenvalue weighted by Gasteiger charge is -2.46. The summed E-state index contributed by atoms with van der Waals surface area (Å²) in [5.41, 5.74) is 0. The van der Waals surface area contributed by atoms with Gasteiger partial charge in [0.05, 0.1) is 12.4 Å². The molecule has 25 heavy (non-hydrogen) atoms. The van der Waals surface area contributed by atoms with Gasteiger partial charge in [-0.2, -0.15) is 0 Å². The van der Waals surface area contributed by atoms with E-state index in [9.17, 15) is 14.7 Å². The van der Waals surface area contributed by atoms with Crippen LogP contribution in [0.2, 0.25) is 0 Å². The van der Waals surface area contributed by atoms with Crippen LogP contribution in [-0.2, 0) is 9.59 Å². The van der Waals surface area contributed by atoms with Crippen LogP contribution in [0.1, 0.15) is 25.7 Å². The van der Waals surface area contributed by atoms with E-state index in [1.807, 2.05) is 0 Å². The van der Waals surface area contributed by atoms with Crippen molar-refractivity contribution in [1.82, 2.24) is 19.8 Å². The van der Waals surface area contributed by atoms with Gasteiger partial charge in [-0.1, -0.05) is 0 Å². The van der Waals surface area contributed by atoms with E-state index >= 15 is 0 Å². The second kappa shape index (κ2) is 6.59. The fourth-order valence-corrected chi connectivity index (χ4v) is 4.15. The van der Waals surface area contributed by atoms with Gasteiger partial charge in [-0.05, 0) is 18.8 Å². The standard InChI is InChI=1S/C17H23N5O3/c23-14-7-18-17(19-8-14)21-6-5-20-9-12(1-2-13(20)11-21)10-22-15(24)3-4-16(22)25/h7-8,12-13,23H,1-6,9-11H2/t12-,13+/m1/s1. The second-order valence-corrected chi connectivity index (χ2v) is 7.18. The van der Waals surface area contributed by atoms with Crippen molar-refractivity contribution in [3.05, 3.63) is 12.4 Å². The number of amides is 2. The maximum Gasteiger partial charge on any atom is 0.229 e. The lowest BCUT2D eigenvalue weighted by atomic mass is 9.90. The molecule has 0 bridgehead atoms. The second-order valence-electron chi connectivity index (χ2n) is 7.18. The molecule has 1 aromatic heterocycles. The first-order valence-corrected chi connectivity index (χ1v) is 8.93. The molecule has 4 heterocycles. The normalized spacial score (nSPS) is 27.7. The Morgan fingerprint density at radius 3 is 2.48 bits per heavy atom. The zero-order chi connectivity index (χ0) is 17.4. The predicted octanol–water partition coefficient (Wildman–Crippen LogP) is 0.232. The lowest BCUT2D eigenvalue weighted by Crippen LogP contribution is -2.57. The van der Waals surface area contributed by atoms with Crippen molar-refractivity contribution in [2.24, 2.45) is 5.92 Å². The highest BCUT2D eigenvalue weighted by atomic mass is 16.3. The molecular weight excluding hydrogens is 322 g/mol. The first-order chi connectivity index (χ1) is 12.1. The minimum Gasteiger partial charge on any atom is -0.505 e. The largest absolute Gasteiger partial charge is 0.505 e. The van der Waals surface area contributed by atoms with Gasteiger partial charge < -0.3 is 10.0 Å². The van der Waals surface area contributed by atoms with Crippen LogP contribution in [0, 0.1) is 5.92 Å². The zero-order valence-corrected chi connectivity index (χ0v) is 14.2. The Balaban J connectivity index is 1.34. The number of piperazine rings is 1. The monoisotopic (exact) mass is 345 g/mol. The van der Waals surface area contributed by atoms with Crippen molar-refractivity contribution in [2.75, 3.05) is 37.6 Å². The summed E-state index contributed by atoms with van der Waals surface area (Å²) in [4.78, 5) is 38.1. The number of nitrogens with zero attached hydrogens (tertiary/aromatic N) is 5. The van der Waals surface area contributed by atoms with Crippen molar-refractivity contribution >= 4 is 17.8 Å². The summed E-state index contributed by atoms with van der Waals surface area (Å²) in [6.45, 7) is 4.15. The third-order valence-corrected chi connectivity index (χ3v) is 5.51. The van der Waals surface area contributed by atoms with Gasteiger partial charge in [0.2, 0.25) is 17.8 Å². The quantitative estimate of drug-likeness (QED) is 0.785. The molecule has 3 fully saturated rings. The van der Waals surface area contributed by atoms with Crippen LogP contribution in [0.4, 0.5) is 5.95 Å². The number of fused-ring (bicyclic) bond motifs is 1. The van der Waals surface area contributed by atoms with Gasteiger partial charge >= 0.3 is 0 Å². The van der Waals surface area contributed by atoms with E-state index in [1.54, 1.807) is 0 Å². The van der Waals surface area contributed by atoms with E-state index in [0.29, 0.717) is 37.3 Å². The van der Waals surface area contributed by atoms with Crippen molar-refractivity contribution in [2.45, 2.75) is 31.7 Å². The SMILES string of the molecule is O=C1CCC(=O)N1C[C@@H]1CC[C@H]2CN(c3ncc(O)cn3)CCN2C1. The average Bonchev–Trinajstić information content (AvgIpc) is 2.94. The number of hydrogen-bond donors (Lipinski definition) is 1. The molecule has 8 heteroatoms. The molecule has 0 aliphatic carbocycles. The first kappa shape index (κ1) is 16.3. The molecule has 134 valence electrons. The summed E-state index contributed by atoms with van der Waals surface area (Å²) in [6, 6.07) is 0.451. The molecule has 3 saturated heterocycles. The number of piperidine rings is 1. The molecule has 1 aromatic rings. The lowest BCUT2D eigenvalue weighted by molar-refractivity contribution is -0.139. The smallest absolute Gasteiger partial charge is 0.229 e. The fourth-order valence-electron chi connectivity index (χ4n) is 4.15. The Morgan fingerprint density at radius 1 is 1.04 bits per heavy atom. The van der Waals surface area contributed by atoms with E-state index < -0.39 is 0 Å². The molecule has 0 radical (unpaired) electrons. The van der Waals surface area contributed by atoms with Crippen molar-refractivity contribution in [1.29, 1.82) is 0 Å². The molecule has 0 saturated carbocycles. The number of aromatic nitrogens is 2. The summed E-state index contributed by atoms with van der Waals surface area (Å²) in [5.74, 6) is 1.09. The molecule has 0 aromatic carbocycles. The van der Waals surface area contributed by atoms with Crippen LogP contribution in [0.25, 0.3) is 0 Å². The molecular formula is C17H23N5O3. The Hall–Kier alpha value is -2.22. The number of carbonyl (C=O) groups excluding carboxylic acids is 2. The van der Waals surface area contributed by atoms with E-state index in [0.717, 1.165) is 39.0 Å². The van der Waals surface area contributed by atoms with Crippen LogP contribution < -0.4 is 4.90 Å². The highest BCUT2D eigenvalue weighted by molar-refractivity contribution is 6.01. The number of aromatic hydroxyl groups is 1. The van der Waals surface area contributed by atoms with Crippen LogP contribution in [0.15, 0.2) is 12.4 Å². The summed E-state index contributed by atoms with van der Waals surface area (Å²) in [5, 5.41) is 9.32. The minimum atomic E-state index is -0.0126. The molecule has 3 aliphatic heterocycles. The molecule has 2 atom stereocenters. The summed E-state index contributed by atoms with van der Waals surface area (Å²) in [7, 11) is 0. The number of likely N-dealkylation sites (tertiary alicyclic amines) is 1. The minimum absolute atomic E-state index is 0.0126. The maximum atomic E-state index is 11.8. The van der Waals surface area contributed by atoms with Gasteiger partial charge in [0.1, 0.15) is 0 Å². The summed E-state index contributed by atoms with van der Waals surface area (Å²) in [6.07, 6.45) is 5.68. The van der Waals surface area contributed by atoms with Crippen LogP contribution in [-0.4, -0.2) is 75.5 Å². The van der Waals surface area contributed by atoms with Crippen molar-refractivity contribution < 1.29 is 14.7 Å². The number of anilines is 1. The van der Waals surface area contributed by atoms with E-state index in [1.165, 1.54) is 17.3 Å². The maximum absolute atomic E-state index is 11.8. The van der Waals surface area contributed by atoms with Crippen molar-refractivity contribution in [3.63, 3.8) is 0 Å².